The zero-order chi connectivity index (χ0) is 17.9. The normalized spacial score (nSPS) is 12.8. The van der Waals surface area contributed by atoms with E-state index in [1.807, 2.05) is 13.8 Å². The Morgan fingerprint density at radius 1 is 1.17 bits per heavy atom. The summed E-state index contributed by atoms with van der Waals surface area (Å²) in [6.07, 6.45) is -3.89. The molecule has 0 bridgehead atoms. The van der Waals surface area contributed by atoms with E-state index in [1.165, 1.54) is 0 Å². The second kappa shape index (κ2) is 7.44. The number of hydrogen-bond acceptors (Lipinski definition) is 4. The summed E-state index contributed by atoms with van der Waals surface area (Å²) in [6.45, 7) is 3.72. The number of anilines is 3. The number of aromatic nitrogens is 2. The van der Waals surface area contributed by atoms with Crippen molar-refractivity contribution in [2.24, 2.45) is 0 Å². The fourth-order valence-electron chi connectivity index (χ4n) is 1.79. The van der Waals surface area contributed by atoms with Gasteiger partial charge in [0.2, 0.25) is 5.95 Å². The SMILES string of the molecule is CC[C@H](C)Nc1nc(Nc2c(Cl)cccc2Cl)cc(C(F)(F)F)n1. The highest BCUT2D eigenvalue weighted by Crippen LogP contribution is 2.34. The molecule has 0 saturated carbocycles. The first kappa shape index (κ1) is 18.6. The van der Waals surface area contributed by atoms with Gasteiger partial charge in [0.05, 0.1) is 15.7 Å². The summed E-state index contributed by atoms with van der Waals surface area (Å²) in [4.78, 5) is 7.59. The summed E-state index contributed by atoms with van der Waals surface area (Å²) in [6, 6.07) is 5.50. The van der Waals surface area contributed by atoms with Gasteiger partial charge in [0, 0.05) is 12.1 Å². The lowest BCUT2D eigenvalue weighted by atomic mass is 10.3. The fraction of sp³-hybridized carbons (Fsp3) is 0.333. The van der Waals surface area contributed by atoms with E-state index in [1.54, 1.807) is 18.2 Å². The molecule has 0 spiro atoms. The van der Waals surface area contributed by atoms with Crippen molar-refractivity contribution >= 4 is 40.7 Å². The molecular formula is C15H15Cl2F3N4. The molecule has 0 aliphatic carbocycles. The minimum Gasteiger partial charge on any atom is -0.352 e. The molecule has 0 radical (unpaired) electrons. The minimum atomic E-state index is -4.60. The van der Waals surface area contributed by atoms with Gasteiger partial charge in [-0.25, -0.2) is 4.98 Å². The minimum absolute atomic E-state index is 0.0573. The maximum Gasteiger partial charge on any atom is 0.433 e. The first-order valence-electron chi connectivity index (χ1n) is 7.14. The lowest BCUT2D eigenvalue weighted by Crippen LogP contribution is -2.18. The maximum atomic E-state index is 13.1. The maximum absolute atomic E-state index is 13.1. The van der Waals surface area contributed by atoms with Crippen LogP contribution in [0.4, 0.5) is 30.6 Å². The zero-order valence-corrected chi connectivity index (χ0v) is 14.4. The van der Waals surface area contributed by atoms with E-state index in [2.05, 4.69) is 20.6 Å². The van der Waals surface area contributed by atoms with Crippen molar-refractivity contribution in [3.8, 4) is 0 Å². The molecule has 2 N–H and O–H groups in total. The molecule has 0 unspecified atom stereocenters. The van der Waals surface area contributed by atoms with E-state index in [0.717, 1.165) is 6.07 Å². The van der Waals surface area contributed by atoms with Crippen molar-refractivity contribution in [3.05, 3.63) is 40.0 Å². The Kier molecular flexibility index (Phi) is 5.77. The highest BCUT2D eigenvalue weighted by atomic mass is 35.5. The van der Waals surface area contributed by atoms with Crippen molar-refractivity contribution in [3.63, 3.8) is 0 Å². The van der Waals surface area contributed by atoms with E-state index in [4.69, 9.17) is 23.2 Å². The highest BCUT2D eigenvalue weighted by Gasteiger charge is 2.34. The van der Waals surface area contributed by atoms with Crippen LogP contribution < -0.4 is 10.6 Å². The summed E-state index contributed by atoms with van der Waals surface area (Å²) >= 11 is 12.1. The number of halogens is 5. The van der Waals surface area contributed by atoms with Gasteiger partial charge in [-0.2, -0.15) is 18.2 Å². The number of benzene rings is 1. The molecule has 0 fully saturated rings. The molecule has 0 amide bonds. The quantitative estimate of drug-likeness (QED) is 0.694. The van der Waals surface area contributed by atoms with Crippen LogP contribution in [0.2, 0.25) is 10.0 Å². The molecule has 1 heterocycles. The average Bonchev–Trinajstić information content (AvgIpc) is 2.50. The first-order valence-corrected chi connectivity index (χ1v) is 7.90. The van der Waals surface area contributed by atoms with Crippen LogP contribution in [-0.4, -0.2) is 16.0 Å². The Morgan fingerprint density at radius 2 is 1.79 bits per heavy atom. The van der Waals surface area contributed by atoms with Crippen LogP contribution in [0.1, 0.15) is 26.0 Å². The number of rotatable bonds is 5. The second-order valence-electron chi connectivity index (χ2n) is 5.14. The Morgan fingerprint density at radius 3 is 2.33 bits per heavy atom. The summed E-state index contributed by atoms with van der Waals surface area (Å²) in [7, 11) is 0. The predicted octanol–water partition coefficient (Wildman–Crippen LogP) is 5.76. The summed E-state index contributed by atoms with van der Waals surface area (Å²) < 4.78 is 39.2. The Balaban J connectivity index is 2.43. The first-order chi connectivity index (χ1) is 11.2. The van der Waals surface area contributed by atoms with Gasteiger partial charge in [-0.3, -0.25) is 0 Å². The smallest absolute Gasteiger partial charge is 0.352 e. The van der Waals surface area contributed by atoms with Gasteiger partial charge in [0.25, 0.3) is 0 Å². The molecule has 0 aliphatic heterocycles. The van der Waals surface area contributed by atoms with E-state index >= 15 is 0 Å². The van der Waals surface area contributed by atoms with Crippen LogP contribution in [0.25, 0.3) is 0 Å². The Hall–Kier alpha value is -1.73. The largest absolute Gasteiger partial charge is 0.433 e. The Bertz CT molecular complexity index is 702. The van der Waals surface area contributed by atoms with Crippen LogP contribution in [0.3, 0.4) is 0 Å². The third kappa shape index (κ3) is 4.64. The lowest BCUT2D eigenvalue weighted by molar-refractivity contribution is -0.141. The predicted molar refractivity (Wildman–Crippen MR) is 90.2 cm³/mol. The molecule has 24 heavy (non-hydrogen) atoms. The molecule has 2 aromatic rings. The molecule has 0 saturated heterocycles. The van der Waals surface area contributed by atoms with Gasteiger partial charge in [0.15, 0.2) is 5.69 Å². The molecule has 0 aliphatic rings. The highest BCUT2D eigenvalue weighted by molar-refractivity contribution is 6.39. The molecule has 9 heteroatoms. The van der Waals surface area contributed by atoms with E-state index in [-0.39, 0.29) is 33.5 Å². The van der Waals surface area contributed by atoms with Crippen LogP contribution in [0, 0.1) is 0 Å². The van der Waals surface area contributed by atoms with Crippen LogP contribution in [0.5, 0.6) is 0 Å². The van der Waals surface area contributed by atoms with Gasteiger partial charge >= 0.3 is 6.18 Å². The topological polar surface area (TPSA) is 49.8 Å². The fourth-order valence-corrected chi connectivity index (χ4v) is 2.28. The average molecular weight is 379 g/mol. The number of nitrogens with zero attached hydrogens (tertiary/aromatic N) is 2. The zero-order valence-electron chi connectivity index (χ0n) is 12.9. The van der Waals surface area contributed by atoms with Crippen LogP contribution in [0.15, 0.2) is 24.3 Å². The molecule has 4 nitrogen and oxygen atoms in total. The van der Waals surface area contributed by atoms with Gasteiger partial charge in [0.1, 0.15) is 5.82 Å². The molecule has 2 rings (SSSR count). The summed E-state index contributed by atoms with van der Waals surface area (Å²) in [5.41, 5.74) is -0.781. The molecule has 130 valence electrons. The van der Waals surface area contributed by atoms with Gasteiger partial charge in [-0.15, -0.1) is 0 Å². The number of alkyl halides is 3. The number of nitrogens with one attached hydrogen (secondary N) is 2. The van der Waals surface area contributed by atoms with Crippen LogP contribution >= 0.6 is 23.2 Å². The van der Waals surface area contributed by atoms with Gasteiger partial charge < -0.3 is 10.6 Å². The summed E-state index contributed by atoms with van der Waals surface area (Å²) in [5.74, 6) is -0.178. The lowest BCUT2D eigenvalue weighted by Gasteiger charge is -2.16. The van der Waals surface area contributed by atoms with Crippen LogP contribution in [-0.2, 0) is 6.18 Å². The number of hydrogen-bond donors (Lipinski definition) is 2. The monoisotopic (exact) mass is 378 g/mol. The van der Waals surface area contributed by atoms with E-state index in [9.17, 15) is 13.2 Å². The van der Waals surface area contributed by atoms with E-state index < -0.39 is 11.9 Å². The third-order valence-corrected chi connectivity index (χ3v) is 3.85. The summed E-state index contributed by atoms with van der Waals surface area (Å²) in [5, 5.41) is 6.10. The van der Waals surface area contributed by atoms with Gasteiger partial charge in [-0.05, 0) is 25.5 Å². The number of para-hydroxylation sites is 1. The standard InChI is InChI=1S/C15H15Cl2F3N4/c1-3-8(2)21-14-22-11(15(18,19)20)7-12(24-14)23-13-9(16)5-4-6-10(13)17/h4-8H,3H2,1-2H3,(H2,21,22,23,24)/t8-/m0/s1. The molecular weight excluding hydrogens is 364 g/mol. The third-order valence-electron chi connectivity index (χ3n) is 3.22. The molecule has 1 atom stereocenters. The van der Waals surface area contributed by atoms with Gasteiger partial charge in [-0.1, -0.05) is 36.2 Å². The van der Waals surface area contributed by atoms with Crippen molar-refractivity contribution < 1.29 is 13.2 Å². The Labute approximate surface area is 147 Å². The van der Waals surface area contributed by atoms with Crippen molar-refractivity contribution in [2.45, 2.75) is 32.5 Å². The van der Waals surface area contributed by atoms with Crippen molar-refractivity contribution in [2.75, 3.05) is 10.6 Å². The van der Waals surface area contributed by atoms with Crippen molar-refractivity contribution in [1.82, 2.24) is 9.97 Å². The molecule has 1 aromatic carbocycles. The van der Waals surface area contributed by atoms with Crippen molar-refractivity contribution in [1.29, 1.82) is 0 Å². The molecule has 1 aromatic heterocycles. The second-order valence-corrected chi connectivity index (χ2v) is 5.95. The van der Waals surface area contributed by atoms with E-state index in [0.29, 0.717) is 6.42 Å².